The van der Waals surface area contributed by atoms with E-state index >= 15 is 0 Å². The zero-order valence-corrected chi connectivity index (χ0v) is 10.9. The van der Waals surface area contributed by atoms with E-state index in [1.165, 1.54) is 0 Å². The minimum Gasteiger partial charge on any atom is -0.377 e. The van der Waals surface area contributed by atoms with E-state index in [0.29, 0.717) is 6.61 Å². The molecule has 3 aromatic rings. The quantitative estimate of drug-likeness (QED) is 0.719. The topological polar surface area (TPSA) is 52.8 Å². The van der Waals surface area contributed by atoms with E-state index in [-0.39, 0.29) is 0 Å². The van der Waals surface area contributed by atoms with Crippen LogP contribution in [0.15, 0.2) is 36.5 Å². The van der Waals surface area contributed by atoms with Crippen LogP contribution in [0.2, 0.25) is 0 Å². The van der Waals surface area contributed by atoms with Crippen molar-refractivity contribution in [2.45, 2.75) is 6.61 Å². The zero-order valence-electron chi connectivity index (χ0n) is 10.9. The molecule has 0 aliphatic rings. The largest absolute Gasteiger partial charge is 0.377 e. The Kier molecular flexibility index (Phi) is 2.97. The van der Waals surface area contributed by atoms with Gasteiger partial charge in [0.15, 0.2) is 11.6 Å². The van der Waals surface area contributed by atoms with Crippen LogP contribution in [-0.2, 0) is 18.4 Å². The molecular weight excluding hydrogens is 240 g/mol. The second-order valence-electron chi connectivity index (χ2n) is 4.35. The lowest BCUT2D eigenvalue weighted by molar-refractivity contribution is 0.175. The Balaban J connectivity index is 2.08. The highest BCUT2D eigenvalue weighted by Crippen LogP contribution is 2.21. The van der Waals surface area contributed by atoms with Gasteiger partial charge in [-0.1, -0.05) is 18.2 Å². The molecule has 0 N–H and O–H groups in total. The van der Waals surface area contributed by atoms with Crippen molar-refractivity contribution >= 4 is 10.9 Å². The third-order valence-electron chi connectivity index (χ3n) is 3.09. The van der Waals surface area contributed by atoms with Crippen molar-refractivity contribution in [3.05, 3.63) is 42.4 Å². The van der Waals surface area contributed by atoms with Crippen LogP contribution in [0.1, 0.15) is 5.82 Å². The number of pyridine rings is 1. The first-order chi connectivity index (χ1) is 9.29. The van der Waals surface area contributed by atoms with E-state index in [2.05, 4.69) is 21.2 Å². The molecule has 2 heterocycles. The van der Waals surface area contributed by atoms with E-state index in [9.17, 15) is 0 Å². The molecule has 0 aliphatic heterocycles. The smallest absolute Gasteiger partial charge is 0.165 e. The summed E-state index contributed by atoms with van der Waals surface area (Å²) in [5.74, 6) is 1.59. The van der Waals surface area contributed by atoms with Crippen molar-refractivity contribution in [2.75, 3.05) is 7.11 Å². The maximum Gasteiger partial charge on any atom is 0.165 e. The Morgan fingerprint density at radius 3 is 2.89 bits per heavy atom. The van der Waals surface area contributed by atoms with Crippen LogP contribution in [-0.4, -0.2) is 26.9 Å². The molecule has 0 saturated carbocycles. The Labute approximate surface area is 110 Å². The lowest BCUT2D eigenvalue weighted by Crippen LogP contribution is -2.01. The molecule has 1 aromatic carbocycles. The van der Waals surface area contributed by atoms with Gasteiger partial charge in [0.25, 0.3) is 0 Å². The molecule has 0 atom stereocenters. The number of benzene rings is 1. The third kappa shape index (κ3) is 2.08. The highest BCUT2D eigenvalue weighted by molar-refractivity contribution is 5.82. The minimum atomic E-state index is 0.449. The van der Waals surface area contributed by atoms with Gasteiger partial charge < -0.3 is 9.30 Å². The summed E-state index contributed by atoms with van der Waals surface area (Å²) in [4.78, 5) is 4.44. The van der Waals surface area contributed by atoms with Gasteiger partial charge in [0.2, 0.25) is 0 Å². The molecule has 0 fully saturated rings. The summed E-state index contributed by atoms with van der Waals surface area (Å²) in [6.45, 7) is 0.449. The predicted octanol–water partition coefficient (Wildman–Crippen LogP) is 2.18. The van der Waals surface area contributed by atoms with Gasteiger partial charge in [-0.05, 0) is 12.1 Å². The van der Waals surface area contributed by atoms with Gasteiger partial charge in [-0.2, -0.15) is 0 Å². The first-order valence-electron chi connectivity index (χ1n) is 6.02. The van der Waals surface area contributed by atoms with E-state index in [4.69, 9.17) is 4.74 Å². The second kappa shape index (κ2) is 4.78. The molecule has 0 aliphatic carbocycles. The number of nitrogens with zero attached hydrogens (tertiary/aromatic N) is 4. The number of para-hydroxylation sites is 1. The predicted molar refractivity (Wildman–Crippen MR) is 72.5 cm³/mol. The third-order valence-corrected chi connectivity index (χ3v) is 3.09. The molecule has 0 amide bonds. The number of ether oxygens (including phenoxy) is 1. The summed E-state index contributed by atoms with van der Waals surface area (Å²) in [7, 11) is 3.57. The van der Waals surface area contributed by atoms with E-state index < -0.39 is 0 Å². The van der Waals surface area contributed by atoms with Gasteiger partial charge in [-0.3, -0.25) is 4.98 Å². The number of hydrogen-bond donors (Lipinski definition) is 0. The fourth-order valence-electron chi connectivity index (χ4n) is 2.06. The number of fused-ring (bicyclic) bond motifs is 1. The van der Waals surface area contributed by atoms with Gasteiger partial charge >= 0.3 is 0 Å². The fourth-order valence-corrected chi connectivity index (χ4v) is 2.06. The Hall–Kier alpha value is -2.27. The van der Waals surface area contributed by atoms with Gasteiger partial charge in [0.1, 0.15) is 6.61 Å². The van der Waals surface area contributed by atoms with Crippen LogP contribution in [0.4, 0.5) is 0 Å². The standard InChI is InChI=1S/C14H14N4O/c1-18-13(9-19-2)16-17-14(18)11-7-10-5-3-4-6-12(10)15-8-11/h3-8H,9H2,1-2H3. The van der Waals surface area contributed by atoms with Crippen LogP contribution >= 0.6 is 0 Å². The normalized spacial score (nSPS) is 11.1. The Morgan fingerprint density at radius 1 is 1.21 bits per heavy atom. The van der Waals surface area contributed by atoms with Crippen molar-refractivity contribution in [2.24, 2.45) is 7.05 Å². The maximum atomic E-state index is 5.09. The first kappa shape index (κ1) is 11.8. The van der Waals surface area contributed by atoms with Crippen LogP contribution < -0.4 is 0 Å². The molecule has 5 nitrogen and oxygen atoms in total. The molecule has 0 unspecified atom stereocenters. The zero-order chi connectivity index (χ0) is 13.2. The second-order valence-corrected chi connectivity index (χ2v) is 4.35. The molecule has 3 rings (SSSR count). The number of aromatic nitrogens is 4. The SMILES string of the molecule is COCc1nnc(-c2cnc3ccccc3c2)n1C. The summed E-state index contributed by atoms with van der Waals surface area (Å²) < 4.78 is 7.02. The van der Waals surface area contributed by atoms with Gasteiger partial charge in [0, 0.05) is 31.3 Å². The molecule has 96 valence electrons. The number of rotatable bonds is 3. The highest BCUT2D eigenvalue weighted by atomic mass is 16.5. The van der Waals surface area contributed by atoms with Crippen LogP contribution in [0.3, 0.4) is 0 Å². The van der Waals surface area contributed by atoms with Crippen molar-refractivity contribution < 1.29 is 4.74 Å². The van der Waals surface area contributed by atoms with E-state index in [1.54, 1.807) is 7.11 Å². The van der Waals surface area contributed by atoms with Crippen molar-refractivity contribution in [3.63, 3.8) is 0 Å². The summed E-state index contributed by atoms with van der Waals surface area (Å²) in [6, 6.07) is 10.1. The Morgan fingerprint density at radius 2 is 2.05 bits per heavy atom. The summed E-state index contributed by atoms with van der Waals surface area (Å²) in [5.41, 5.74) is 1.93. The van der Waals surface area contributed by atoms with Crippen molar-refractivity contribution in [1.82, 2.24) is 19.7 Å². The maximum absolute atomic E-state index is 5.09. The molecule has 0 radical (unpaired) electrons. The average Bonchev–Trinajstić information content (AvgIpc) is 2.80. The van der Waals surface area contributed by atoms with E-state index in [1.807, 2.05) is 42.1 Å². The molecule has 19 heavy (non-hydrogen) atoms. The highest BCUT2D eigenvalue weighted by Gasteiger charge is 2.11. The monoisotopic (exact) mass is 254 g/mol. The lowest BCUT2D eigenvalue weighted by atomic mass is 10.1. The lowest BCUT2D eigenvalue weighted by Gasteiger charge is -2.04. The van der Waals surface area contributed by atoms with Crippen LogP contribution in [0.25, 0.3) is 22.3 Å². The minimum absolute atomic E-state index is 0.449. The number of methoxy groups -OCH3 is 1. The van der Waals surface area contributed by atoms with Gasteiger partial charge in [0.05, 0.1) is 5.52 Å². The summed E-state index contributed by atoms with van der Waals surface area (Å²) >= 11 is 0. The van der Waals surface area contributed by atoms with Crippen molar-refractivity contribution in [1.29, 1.82) is 0 Å². The Bertz CT molecular complexity index is 720. The molecule has 0 spiro atoms. The molecule has 5 heteroatoms. The van der Waals surface area contributed by atoms with Crippen LogP contribution in [0.5, 0.6) is 0 Å². The van der Waals surface area contributed by atoms with Crippen molar-refractivity contribution in [3.8, 4) is 11.4 Å². The summed E-state index contributed by atoms with van der Waals surface area (Å²) in [6.07, 6.45) is 1.82. The molecule has 0 bridgehead atoms. The average molecular weight is 254 g/mol. The fraction of sp³-hybridized carbons (Fsp3) is 0.214. The van der Waals surface area contributed by atoms with E-state index in [0.717, 1.165) is 28.1 Å². The van der Waals surface area contributed by atoms with Gasteiger partial charge in [-0.25, -0.2) is 0 Å². The first-order valence-corrected chi connectivity index (χ1v) is 6.02. The molecule has 2 aromatic heterocycles. The number of hydrogen-bond acceptors (Lipinski definition) is 4. The summed E-state index contributed by atoms with van der Waals surface area (Å²) in [5, 5.41) is 9.42. The molecule has 0 saturated heterocycles. The molecular formula is C14H14N4O. The van der Waals surface area contributed by atoms with Crippen LogP contribution in [0, 0.1) is 0 Å². The van der Waals surface area contributed by atoms with Gasteiger partial charge in [-0.15, -0.1) is 10.2 Å².